The molecule has 6 heteroatoms. The quantitative estimate of drug-likeness (QED) is 0.309. The number of likely N-dealkylation sites (tertiary alicyclic amines) is 1. The first-order valence-corrected chi connectivity index (χ1v) is 10.4. The van der Waals surface area contributed by atoms with Crippen LogP contribution in [0.15, 0.2) is 29.4 Å². The molecule has 0 saturated carbocycles. The van der Waals surface area contributed by atoms with Gasteiger partial charge in [-0.15, -0.1) is 24.0 Å². The average Bonchev–Trinajstić information content (AvgIpc) is 3.05. The van der Waals surface area contributed by atoms with Gasteiger partial charge in [0.15, 0.2) is 5.96 Å². The normalized spacial score (nSPS) is 16.2. The fourth-order valence-electron chi connectivity index (χ4n) is 3.87. The zero-order chi connectivity index (χ0) is 19.1. The Hall–Kier alpha value is -1.28. The summed E-state index contributed by atoms with van der Waals surface area (Å²) in [5.74, 6) is 1.78. The van der Waals surface area contributed by atoms with E-state index in [1.807, 2.05) is 0 Å². The number of nitrogens with one attached hydrogen (secondary N) is 3. The number of H-pyrrole nitrogens is 1. The standard InChI is InChI=1S/C22H35N5.HI/c1-4-23-22(24-11-7-18-9-13-27(3)14-10-18)25-12-8-19-16-26-21-15-17(2)5-6-20(19)21;/h5-6,15-16,18,26H,4,7-14H2,1-3H3,(H2,23,24,25);1H. The van der Waals surface area contributed by atoms with Crippen LogP contribution < -0.4 is 10.6 Å². The molecule has 0 bridgehead atoms. The number of guanidine groups is 1. The molecule has 0 spiro atoms. The van der Waals surface area contributed by atoms with Crippen molar-refractivity contribution in [3.05, 3.63) is 35.5 Å². The van der Waals surface area contributed by atoms with Crippen LogP contribution in [0.5, 0.6) is 0 Å². The van der Waals surface area contributed by atoms with E-state index in [9.17, 15) is 0 Å². The highest BCUT2D eigenvalue weighted by molar-refractivity contribution is 14.0. The summed E-state index contributed by atoms with van der Waals surface area (Å²) in [5, 5.41) is 8.20. The molecule has 28 heavy (non-hydrogen) atoms. The number of hydrogen-bond acceptors (Lipinski definition) is 2. The van der Waals surface area contributed by atoms with Gasteiger partial charge in [-0.3, -0.25) is 4.99 Å². The van der Waals surface area contributed by atoms with E-state index in [0.717, 1.165) is 37.9 Å². The Morgan fingerprint density at radius 1 is 1.25 bits per heavy atom. The van der Waals surface area contributed by atoms with E-state index in [-0.39, 0.29) is 24.0 Å². The lowest BCUT2D eigenvalue weighted by molar-refractivity contribution is 0.214. The van der Waals surface area contributed by atoms with E-state index >= 15 is 0 Å². The van der Waals surface area contributed by atoms with Crippen LogP contribution >= 0.6 is 24.0 Å². The van der Waals surface area contributed by atoms with Gasteiger partial charge in [-0.1, -0.05) is 12.1 Å². The minimum absolute atomic E-state index is 0. The van der Waals surface area contributed by atoms with E-state index in [4.69, 9.17) is 4.99 Å². The number of aliphatic imine (C=N–C) groups is 1. The highest BCUT2D eigenvalue weighted by Crippen LogP contribution is 2.20. The van der Waals surface area contributed by atoms with Crippen molar-refractivity contribution in [3.63, 3.8) is 0 Å². The predicted octanol–water partition coefficient (Wildman–Crippen LogP) is 3.92. The summed E-state index contributed by atoms with van der Waals surface area (Å²) in [6.07, 6.45) is 6.96. The molecular formula is C22H36IN5. The number of rotatable bonds is 7. The van der Waals surface area contributed by atoms with Crippen LogP contribution in [0, 0.1) is 12.8 Å². The molecule has 5 nitrogen and oxygen atoms in total. The molecule has 1 saturated heterocycles. The number of benzene rings is 1. The van der Waals surface area contributed by atoms with E-state index in [1.165, 1.54) is 54.4 Å². The second-order valence-corrected chi connectivity index (χ2v) is 7.84. The van der Waals surface area contributed by atoms with E-state index in [0.29, 0.717) is 0 Å². The van der Waals surface area contributed by atoms with Gasteiger partial charge in [0.1, 0.15) is 0 Å². The van der Waals surface area contributed by atoms with Crippen LogP contribution in [0.1, 0.15) is 37.3 Å². The third kappa shape index (κ3) is 6.65. The first kappa shape index (κ1) is 23.0. The first-order valence-electron chi connectivity index (χ1n) is 10.4. The molecular weight excluding hydrogens is 461 g/mol. The van der Waals surface area contributed by atoms with Gasteiger partial charge < -0.3 is 20.5 Å². The molecule has 0 radical (unpaired) electrons. The molecule has 0 aliphatic carbocycles. The fourth-order valence-corrected chi connectivity index (χ4v) is 3.87. The van der Waals surface area contributed by atoms with Gasteiger partial charge in [0.25, 0.3) is 0 Å². The highest BCUT2D eigenvalue weighted by atomic mass is 127. The molecule has 1 aliphatic heterocycles. The Labute approximate surface area is 186 Å². The highest BCUT2D eigenvalue weighted by Gasteiger charge is 2.15. The summed E-state index contributed by atoms with van der Waals surface area (Å²) in [6.45, 7) is 9.42. The Morgan fingerprint density at radius 3 is 2.79 bits per heavy atom. The molecule has 2 aromatic rings. The lowest BCUT2D eigenvalue weighted by atomic mass is 9.94. The Morgan fingerprint density at radius 2 is 2.04 bits per heavy atom. The Bertz CT molecular complexity index is 746. The van der Waals surface area contributed by atoms with Crippen molar-refractivity contribution in [2.45, 2.75) is 39.5 Å². The molecule has 0 atom stereocenters. The zero-order valence-electron chi connectivity index (χ0n) is 17.6. The van der Waals surface area contributed by atoms with Gasteiger partial charge in [-0.05, 0) is 82.8 Å². The van der Waals surface area contributed by atoms with Crippen LogP contribution in [-0.4, -0.2) is 55.6 Å². The van der Waals surface area contributed by atoms with Crippen molar-refractivity contribution in [1.29, 1.82) is 0 Å². The van der Waals surface area contributed by atoms with Crippen LogP contribution in [-0.2, 0) is 6.42 Å². The molecule has 3 N–H and O–H groups in total. The third-order valence-corrected chi connectivity index (χ3v) is 5.60. The van der Waals surface area contributed by atoms with Crippen molar-refractivity contribution in [3.8, 4) is 0 Å². The monoisotopic (exact) mass is 497 g/mol. The maximum atomic E-state index is 4.79. The van der Waals surface area contributed by atoms with Crippen molar-refractivity contribution in [1.82, 2.24) is 20.5 Å². The molecule has 0 unspecified atom stereocenters. The molecule has 1 aromatic heterocycles. The van der Waals surface area contributed by atoms with E-state index in [1.54, 1.807) is 0 Å². The van der Waals surface area contributed by atoms with Gasteiger partial charge in [0.05, 0.1) is 0 Å². The number of aromatic amines is 1. The lowest BCUT2D eigenvalue weighted by Gasteiger charge is -2.28. The summed E-state index contributed by atoms with van der Waals surface area (Å²) >= 11 is 0. The summed E-state index contributed by atoms with van der Waals surface area (Å²) in [6, 6.07) is 6.61. The van der Waals surface area contributed by atoms with Gasteiger partial charge in [-0.2, -0.15) is 0 Å². The maximum absolute atomic E-state index is 4.79. The summed E-state index contributed by atoms with van der Waals surface area (Å²) in [4.78, 5) is 10.6. The minimum Gasteiger partial charge on any atom is -0.361 e. The molecule has 1 fully saturated rings. The summed E-state index contributed by atoms with van der Waals surface area (Å²) in [7, 11) is 2.22. The van der Waals surface area contributed by atoms with Gasteiger partial charge in [0, 0.05) is 36.7 Å². The Kier molecular flexibility index (Phi) is 9.58. The third-order valence-electron chi connectivity index (χ3n) is 5.60. The molecule has 156 valence electrons. The van der Waals surface area contributed by atoms with E-state index in [2.05, 4.69) is 65.8 Å². The predicted molar refractivity (Wildman–Crippen MR) is 131 cm³/mol. The van der Waals surface area contributed by atoms with Crippen LogP contribution in [0.3, 0.4) is 0 Å². The number of piperidine rings is 1. The SMILES string of the molecule is CCNC(=NCCC1CCN(C)CC1)NCCc1c[nH]c2cc(C)ccc12.I. The van der Waals surface area contributed by atoms with Crippen molar-refractivity contribution < 1.29 is 0 Å². The Balaban J connectivity index is 0.00000280. The maximum Gasteiger partial charge on any atom is 0.191 e. The molecule has 1 aliphatic rings. The van der Waals surface area contributed by atoms with E-state index < -0.39 is 0 Å². The lowest BCUT2D eigenvalue weighted by Crippen LogP contribution is -2.38. The number of aromatic nitrogens is 1. The summed E-state index contributed by atoms with van der Waals surface area (Å²) < 4.78 is 0. The molecule has 3 rings (SSSR count). The van der Waals surface area contributed by atoms with Crippen LogP contribution in [0.4, 0.5) is 0 Å². The van der Waals surface area contributed by atoms with Gasteiger partial charge in [-0.25, -0.2) is 0 Å². The molecule has 1 aromatic carbocycles. The second-order valence-electron chi connectivity index (χ2n) is 7.84. The topological polar surface area (TPSA) is 55.5 Å². The zero-order valence-corrected chi connectivity index (χ0v) is 19.9. The number of hydrogen-bond donors (Lipinski definition) is 3. The fraction of sp³-hybridized carbons (Fsp3) is 0.591. The van der Waals surface area contributed by atoms with Crippen LogP contribution in [0.25, 0.3) is 10.9 Å². The number of halogens is 1. The number of aryl methyl sites for hydroxylation is 1. The average molecular weight is 497 g/mol. The second kappa shape index (κ2) is 11.7. The number of nitrogens with zero attached hydrogens (tertiary/aromatic N) is 2. The van der Waals surface area contributed by atoms with Crippen molar-refractivity contribution in [2.75, 3.05) is 39.8 Å². The molecule has 2 heterocycles. The van der Waals surface area contributed by atoms with Crippen molar-refractivity contribution in [2.24, 2.45) is 10.9 Å². The largest absolute Gasteiger partial charge is 0.361 e. The first-order chi connectivity index (χ1) is 13.2. The summed E-state index contributed by atoms with van der Waals surface area (Å²) in [5.41, 5.74) is 3.88. The van der Waals surface area contributed by atoms with Crippen molar-refractivity contribution >= 4 is 40.8 Å². The minimum atomic E-state index is 0. The number of fused-ring (bicyclic) bond motifs is 1. The smallest absolute Gasteiger partial charge is 0.191 e. The van der Waals surface area contributed by atoms with Gasteiger partial charge in [0.2, 0.25) is 0 Å². The molecule has 0 amide bonds. The van der Waals surface area contributed by atoms with Crippen LogP contribution in [0.2, 0.25) is 0 Å². The van der Waals surface area contributed by atoms with Gasteiger partial charge >= 0.3 is 0 Å².